The summed E-state index contributed by atoms with van der Waals surface area (Å²) in [6, 6.07) is 10.4. The van der Waals surface area contributed by atoms with Gasteiger partial charge in [0.1, 0.15) is 0 Å². The second kappa shape index (κ2) is 6.61. The number of nitrogens with zero attached hydrogens (tertiary/aromatic N) is 5. The summed E-state index contributed by atoms with van der Waals surface area (Å²) in [5.74, 6) is 0.494. The third-order valence-electron chi connectivity index (χ3n) is 4.96. The van der Waals surface area contributed by atoms with Crippen molar-refractivity contribution >= 4 is 21.3 Å². The van der Waals surface area contributed by atoms with Crippen LogP contribution in [0.2, 0.25) is 0 Å². The van der Waals surface area contributed by atoms with E-state index < -0.39 is 9.84 Å². The van der Waals surface area contributed by atoms with Gasteiger partial charge in [-0.2, -0.15) is 0 Å². The lowest BCUT2D eigenvalue weighted by molar-refractivity contribution is 0.311. The zero-order valence-corrected chi connectivity index (χ0v) is 16.6. The molecule has 1 aliphatic rings. The van der Waals surface area contributed by atoms with E-state index in [9.17, 15) is 8.42 Å². The predicted molar refractivity (Wildman–Crippen MR) is 104 cm³/mol. The number of sulfone groups is 1. The highest BCUT2D eigenvalue weighted by molar-refractivity contribution is 7.91. The molecule has 4 rings (SSSR count). The lowest BCUT2D eigenvalue weighted by Gasteiger charge is -2.32. The monoisotopic (exact) mass is 385 g/mol. The number of piperazine rings is 1. The predicted octanol–water partition coefficient (Wildman–Crippen LogP) is 1.93. The van der Waals surface area contributed by atoms with Crippen molar-refractivity contribution in [3.05, 3.63) is 47.8 Å². The number of hydrogen-bond acceptors (Lipinski definition) is 6. The molecule has 0 radical (unpaired) electrons. The molecule has 0 spiro atoms. The van der Waals surface area contributed by atoms with E-state index in [2.05, 4.69) is 26.9 Å². The summed E-state index contributed by atoms with van der Waals surface area (Å²) in [7, 11) is -1.68. The van der Waals surface area contributed by atoms with Gasteiger partial charge in [0.25, 0.3) is 0 Å². The number of aryl methyl sites for hydroxylation is 2. The molecule has 2 aromatic heterocycles. The molecule has 1 aromatic carbocycles. The van der Waals surface area contributed by atoms with Crippen LogP contribution in [0.4, 0.5) is 5.82 Å². The van der Waals surface area contributed by atoms with Crippen molar-refractivity contribution in [3.63, 3.8) is 0 Å². The Morgan fingerprint density at radius 3 is 2.33 bits per heavy atom. The van der Waals surface area contributed by atoms with Gasteiger partial charge in [-0.3, -0.25) is 0 Å². The number of fused-ring (bicyclic) bond motifs is 1. The zero-order chi connectivity index (χ0) is 19.2. The SMILES string of the molecule is Cc1cc(C)n2nc(N3CCN(C)CC3)c(S(=O)(=O)c3ccccc3)c2n1. The Hall–Kier alpha value is -2.45. The van der Waals surface area contributed by atoms with E-state index in [-0.39, 0.29) is 9.79 Å². The van der Waals surface area contributed by atoms with Crippen LogP contribution in [0.3, 0.4) is 0 Å². The molecule has 0 aliphatic carbocycles. The Morgan fingerprint density at radius 2 is 1.67 bits per heavy atom. The molecule has 1 fully saturated rings. The second-order valence-electron chi connectivity index (χ2n) is 7.03. The number of hydrogen-bond donors (Lipinski definition) is 0. The van der Waals surface area contributed by atoms with Gasteiger partial charge in [0.2, 0.25) is 9.84 Å². The van der Waals surface area contributed by atoms with Crippen LogP contribution in [0.5, 0.6) is 0 Å². The van der Waals surface area contributed by atoms with Crippen molar-refractivity contribution in [3.8, 4) is 0 Å². The second-order valence-corrected chi connectivity index (χ2v) is 8.92. The van der Waals surface area contributed by atoms with Gasteiger partial charge in [0.05, 0.1) is 4.90 Å². The fraction of sp³-hybridized carbons (Fsp3) is 0.368. The van der Waals surface area contributed by atoms with Crippen LogP contribution >= 0.6 is 0 Å². The van der Waals surface area contributed by atoms with Crippen LogP contribution in [-0.4, -0.2) is 61.1 Å². The first-order valence-corrected chi connectivity index (χ1v) is 10.5. The average Bonchev–Trinajstić information content (AvgIpc) is 3.03. The number of likely N-dealkylation sites (N-methyl/N-ethyl adjacent to an activating group) is 1. The van der Waals surface area contributed by atoms with Gasteiger partial charge >= 0.3 is 0 Å². The molecule has 3 heterocycles. The molecule has 0 amide bonds. The van der Waals surface area contributed by atoms with Crippen molar-refractivity contribution in [1.82, 2.24) is 19.5 Å². The smallest absolute Gasteiger partial charge is 0.214 e. The molecular formula is C19H23N5O2S. The molecule has 0 unspecified atom stereocenters. The molecule has 0 bridgehead atoms. The highest BCUT2D eigenvalue weighted by atomic mass is 32.2. The van der Waals surface area contributed by atoms with E-state index in [0.717, 1.165) is 37.6 Å². The fourth-order valence-corrected chi connectivity index (χ4v) is 5.01. The van der Waals surface area contributed by atoms with Crippen LogP contribution in [-0.2, 0) is 9.84 Å². The van der Waals surface area contributed by atoms with Crippen molar-refractivity contribution in [2.45, 2.75) is 23.6 Å². The first-order valence-electron chi connectivity index (χ1n) is 8.98. The molecule has 142 valence electrons. The molecular weight excluding hydrogens is 362 g/mol. The third-order valence-corrected chi connectivity index (χ3v) is 6.76. The quantitative estimate of drug-likeness (QED) is 0.686. The number of aromatic nitrogens is 3. The van der Waals surface area contributed by atoms with Gasteiger partial charge in [-0.25, -0.2) is 17.9 Å². The number of benzene rings is 1. The third kappa shape index (κ3) is 3.08. The Bertz CT molecular complexity index is 1080. The highest BCUT2D eigenvalue weighted by Crippen LogP contribution is 2.33. The standard InChI is InChI=1S/C19H23N5O2S/c1-14-13-15(2)24-18(20-14)17(27(25,26)16-7-5-4-6-8-16)19(21-24)23-11-9-22(3)10-12-23/h4-8,13H,9-12H2,1-3H3. The van der Waals surface area contributed by atoms with Crippen molar-refractivity contribution < 1.29 is 8.42 Å². The van der Waals surface area contributed by atoms with E-state index >= 15 is 0 Å². The van der Waals surface area contributed by atoms with Gasteiger partial charge < -0.3 is 9.80 Å². The largest absolute Gasteiger partial charge is 0.351 e. The molecule has 0 atom stereocenters. The maximum Gasteiger partial charge on any atom is 0.214 e. The number of anilines is 1. The Morgan fingerprint density at radius 1 is 1.00 bits per heavy atom. The summed E-state index contributed by atoms with van der Waals surface area (Å²) in [4.78, 5) is 9.28. The maximum absolute atomic E-state index is 13.5. The van der Waals surface area contributed by atoms with E-state index in [1.807, 2.05) is 26.0 Å². The van der Waals surface area contributed by atoms with Crippen molar-refractivity contribution in [2.24, 2.45) is 0 Å². The van der Waals surface area contributed by atoms with Crippen LogP contribution in [0, 0.1) is 13.8 Å². The molecule has 27 heavy (non-hydrogen) atoms. The number of rotatable bonds is 3. The Kier molecular flexibility index (Phi) is 4.39. The summed E-state index contributed by atoms with van der Waals surface area (Å²) in [5, 5.41) is 4.68. The Labute approximate surface area is 159 Å². The van der Waals surface area contributed by atoms with Gasteiger partial charge in [-0.05, 0) is 39.1 Å². The van der Waals surface area contributed by atoms with Crippen LogP contribution in [0.25, 0.3) is 5.65 Å². The van der Waals surface area contributed by atoms with Crippen LogP contribution in [0.15, 0.2) is 46.2 Å². The molecule has 3 aromatic rings. The molecule has 1 aliphatic heterocycles. The molecule has 1 saturated heterocycles. The molecule has 7 nitrogen and oxygen atoms in total. The van der Waals surface area contributed by atoms with E-state index in [4.69, 9.17) is 0 Å². The highest BCUT2D eigenvalue weighted by Gasteiger charge is 2.32. The van der Waals surface area contributed by atoms with Crippen LogP contribution < -0.4 is 4.90 Å². The van der Waals surface area contributed by atoms with Gasteiger partial charge in [-0.15, -0.1) is 5.10 Å². The minimum Gasteiger partial charge on any atom is -0.351 e. The van der Waals surface area contributed by atoms with Crippen molar-refractivity contribution in [2.75, 3.05) is 38.1 Å². The summed E-state index contributed by atoms with van der Waals surface area (Å²) >= 11 is 0. The fourth-order valence-electron chi connectivity index (χ4n) is 3.47. The first kappa shape index (κ1) is 17.9. The van der Waals surface area contributed by atoms with Crippen LogP contribution in [0.1, 0.15) is 11.4 Å². The lowest BCUT2D eigenvalue weighted by Crippen LogP contribution is -2.45. The molecule has 0 N–H and O–H groups in total. The lowest BCUT2D eigenvalue weighted by atomic mass is 10.3. The zero-order valence-electron chi connectivity index (χ0n) is 15.8. The summed E-state index contributed by atoms with van der Waals surface area (Å²) in [6.45, 7) is 6.98. The summed E-state index contributed by atoms with van der Waals surface area (Å²) < 4.78 is 28.7. The average molecular weight is 385 g/mol. The molecule has 8 heteroatoms. The summed E-state index contributed by atoms with van der Waals surface area (Å²) in [6.07, 6.45) is 0. The van der Waals surface area contributed by atoms with E-state index in [1.54, 1.807) is 28.8 Å². The minimum absolute atomic E-state index is 0.199. The van der Waals surface area contributed by atoms with E-state index in [0.29, 0.717) is 11.5 Å². The van der Waals surface area contributed by atoms with Crippen molar-refractivity contribution in [1.29, 1.82) is 0 Å². The maximum atomic E-state index is 13.5. The van der Waals surface area contributed by atoms with E-state index in [1.165, 1.54) is 0 Å². The van der Waals surface area contributed by atoms with Gasteiger partial charge in [-0.1, -0.05) is 18.2 Å². The minimum atomic E-state index is -3.75. The van der Waals surface area contributed by atoms with Gasteiger partial charge in [0.15, 0.2) is 16.4 Å². The van der Waals surface area contributed by atoms with Gasteiger partial charge in [0, 0.05) is 37.6 Å². The molecule has 0 saturated carbocycles. The first-order chi connectivity index (χ1) is 12.9. The topological polar surface area (TPSA) is 70.8 Å². The summed E-state index contributed by atoms with van der Waals surface area (Å²) in [5.41, 5.74) is 2.03. The Balaban J connectivity index is 1.98. The normalized spacial score (nSPS) is 16.2.